The van der Waals surface area contributed by atoms with Gasteiger partial charge in [0.05, 0.1) is 36.1 Å². The SMILES string of the molecule is COc1ccc(-n2c(SC(C)C(=O)N3CCc4ccccc43)nc3ccccc3c2=O)cc1OC. The number of carbonyl (C=O) groups excluding carboxylic acids is 1. The Morgan fingerprint density at radius 1 is 1.00 bits per heavy atom. The number of fused-ring (bicyclic) bond motifs is 2. The quantitative estimate of drug-likeness (QED) is 0.295. The summed E-state index contributed by atoms with van der Waals surface area (Å²) in [6.45, 7) is 2.50. The first-order chi connectivity index (χ1) is 17.0. The minimum atomic E-state index is -0.458. The van der Waals surface area contributed by atoms with Crippen LogP contribution in [0.25, 0.3) is 16.6 Å². The van der Waals surface area contributed by atoms with E-state index in [1.165, 1.54) is 21.9 Å². The zero-order valence-electron chi connectivity index (χ0n) is 19.7. The molecule has 3 aromatic carbocycles. The van der Waals surface area contributed by atoms with Gasteiger partial charge in [0.15, 0.2) is 16.7 Å². The summed E-state index contributed by atoms with van der Waals surface area (Å²) in [4.78, 5) is 33.7. The third-order valence-corrected chi connectivity index (χ3v) is 7.19. The second-order valence-electron chi connectivity index (χ2n) is 8.22. The second kappa shape index (κ2) is 9.46. The van der Waals surface area contributed by atoms with E-state index in [1.54, 1.807) is 38.5 Å². The lowest BCUT2D eigenvalue weighted by molar-refractivity contribution is -0.117. The monoisotopic (exact) mass is 487 g/mol. The second-order valence-corrected chi connectivity index (χ2v) is 9.53. The fraction of sp³-hybridized carbons (Fsp3) is 0.222. The predicted molar refractivity (Wildman–Crippen MR) is 138 cm³/mol. The van der Waals surface area contributed by atoms with E-state index >= 15 is 0 Å². The van der Waals surface area contributed by atoms with Gasteiger partial charge in [-0.2, -0.15) is 0 Å². The summed E-state index contributed by atoms with van der Waals surface area (Å²) in [5, 5.41) is 0.481. The van der Waals surface area contributed by atoms with Crippen LogP contribution in [0.1, 0.15) is 12.5 Å². The maximum atomic E-state index is 13.6. The molecule has 0 N–H and O–H groups in total. The summed E-state index contributed by atoms with van der Waals surface area (Å²) in [7, 11) is 3.11. The molecule has 1 unspecified atom stereocenters. The van der Waals surface area contributed by atoms with Gasteiger partial charge in [-0.05, 0) is 49.2 Å². The molecule has 5 rings (SSSR count). The molecule has 1 aromatic heterocycles. The largest absolute Gasteiger partial charge is 0.493 e. The van der Waals surface area contributed by atoms with E-state index in [4.69, 9.17) is 14.5 Å². The molecule has 1 amide bonds. The van der Waals surface area contributed by atoms with Crippen LogP contribution in [0.3, 0.4) is 0 Å². The number of ether oxygens (including phenoxy) is 2. The van der Waals surface area contributed by atoms with Crippen molar-refractivity contribution in [2.45, 2.75) is 23.8 Å². The van der Waals surface area contributed by atoms with Crippen LogP contribution < -0.4 is 19.9 Å². The molecule has 0 saturated heterocycles. The Morgan fingerprint density at radius 3 is 2.54 bits per heavy atom. The topological polar surface area (TPSA) is 73.7 Å². The van der Waals surface area contributed by atoms with Crippen LogP contribution in [-0.2, 0) is 11.2 Å². The average molecular weight is 488 g/mol. The van der Waals surface area contributed by atoms with Gasteiger partial charge >= 0.3 is 0 Å². The van der Waals surface area contributed by atoms with E-state index in [2.05, 4.69) is 6.07 Å². The molecule has 8 heteroatoms. The number of benzene rings is 3. The van der Waals surface area contributed by atoms with E-state index in [1.807, 2.05) is 48.2 Å². The number of rotatable bonds is 6. The van der Waals surface area contributed by atoms with Crippen LogP contribution >= 0.6 is 11.8 Å². The third-order valence-electron chi connectivity index (χ3n) is 6.15. The fourth-order valence-corrected chi connectivity index (χ4v) is 5.37. The maximum Gasteiger partial charge on any atom is 0.266 e. The maximum absolute atomic E-state index is 13.6. The smallest absolute Gasteiger partial charge is 0.266 e. The zero-order chi connectivity index (χ0) is 24.5. The Morgan fingerprint density at radius 2 is 1.74 bits per heavy atom. The highest BCUT2D eigenvalue weighted by atomic mass is 32.2. The molecule has 1 aliphatic rings. The minimum Gasteiger partial charge on any atom is -0.493 e. The number of methoxy groups -OCH3 is 2. The zero-order valence-corrected chi connectivity index (χ0v) is 20.5. The van der Waals surface area contributed by atoms with E-state index in [0.29, 0.717) is 39.8 Å². The summed E-state index contributed by atoms with van der Waals surface area (Å²) in [5.74, 6) is 1.04. The van der Waals surface area contributed by atoms with Crippen molar-refractivity contribution < 1.29 is 14.3 Å². The Hall–Kier alpha value is -3.78. The lowest BCUT2D eigenvalue weighted by Crippen LogP contribution is -2.35. The van der Waals surface area contributed by atoms with Crippen molar-refractivity contribution in [2.24, 2.45) is 0 Å². The first-order valence-corrected chi connectivity index (χ1v) is 12.2. The standard InChI is InChI=1S/C27H25N3O4S/c1-17(25(31)29-15-14-18-8-4-7-11-22(18)29)35-27-28-21-10-6-5-9-20(21)26(32)30(27)19-12-13-23(33-2)24(16-19)34-3/h4-13,16-17H,14-15H2,1-3H3. The molecular weight excluding hydrogens is 462 g/mol. The Kier molecular flexibility index (Phi) is 6.21. The predicted octanol–water partition coefficient (Wildman–Crippen LogP) is 4.47. The lowest BCUT2D eigenvalue weighted by atomic mass is 10.2. The van der Waals surface area contributed by atoms with Crippen LogP contribution in [0.4, 0.5) is 5.69 Å². The van der Waals surface area contributed by atoms with Crippen molar-refractivity contribution in [3.05, 3.63) is 82.6 Å². The van der Waals surface area contributed by atoms with Crippen LogP contribution in [-0.4, -0.2) is 41.5 Å². The number of thioether (sulfide) groups is 1. The van der Waals surface area contributed by atoms with Crippen molar-refractivity contribution in [3.63, 3.8) is 0 Å². The highest BCUT2D eigenvalue weighted by molar-refractivity contribution is 8.00. The van der Waals surface area contributed by atoms with Crippen molar-refractivity contribution in [2.75, 3.05) is 25.7 Å². The minimum absolute atomic E-state index is 0.0128. The van der Waals surface area contributed by atoms with Gasteiger partial charge in [-0.3, -0.25) is 14.2 Å². The molecule has 2 heterocycles. The van der Waals surface area contributed by atoms with Gasteiger partial charge in [-0.1, -0.05) is 42.1 Å². The van der Waals surface area contributed by atoms with Crippen LogP contribution in [0.5, 0.6) is 11.5 Å². The highest BCUT2D eigenvalue weighted by Gasteiger charge is 2.29. The molecule has 0 fully saturated rings. The van der Waals surface area contributed by atoms with E-state index in [9.17, 15) is 9.59 Å². The number of amides is 1. The number of hydrogen-bond donors (Lipinski definition) is 0. The van der Waals surface area contributed by atoms with Gasteiger partial charge in [0.2, 0.25) is 5.91 Å². The fourth-order valence-electron chi connectivity index (χ4n) is 4.38. The third kappa shape index (κ3) is 4.14. The molecule has 1 atom stereocenters. The molecule has 0 radical (unpaired) electrons. The van der Waals surface area contributed by atoms with Gasteiger partial charge < -0.3 is 14.4 Å². The van der Waals surface area contributed by atoms with E-state index in [0.717, 1.165) is 12.1 Å². The van der Waals surface area contributed by atoms with Gasteiger partial charge in [0, 0.05) is 18.3 Å². The molecule has 0 aliphatic carbocycles. The van der Waals surface area contributed by atoms with E-state index < -0.39 is 5.25 Å². The molecule has 178 valence electrons. The number of nitrogens with zero attached hydrogens (tertiary/aromatic N) is 3. The number of hydrogen-bond acceptors (Lipinski definition) is 6. The molecule has 4 aromatic rings. The first-order valence-electron chi connectivity index (χ1n) is 11.3. The molecule has 35 heavy (non-hydrogen) atoms. The average Bonchev–Trinajstić information content (AvgIpc) is 3.32. The van der Waals surface area contributed by atoms with Gasteiger partial charge in [0.25, 0.3) is 5.56 Å². The van der Waals surface area contributed by atoms with Gasteiger partial charge in [-0.15, -0.1) is 0 Å². The first kappa shape index (κ1) is 23.0. The number of carbonyl (C=O) groups is 1. The van der Waals surface area contributed by atoms with Gasteiger partial charge in [-0.25, -0.2) is 4.98 Å². The molecule has 7 nitrogen and oxygen atoms in total. The van der Waals surface area contributed by atoms with Crippen LogP contribution in [0.2, 0.25) is 0 Å². The molecule has 0 spiro atoms. The van der Waals surface area contributed by atoms with Crippen molar-refractivity contribution in [1.82, 2.24) is 9.55 Å². The summed E-state index contributed by atoms with van der Waals surface area (Å²) in [6, 6.07) is 20.5. The van der Waals surface area contributed by atoms with Crippen LogP contribution in [0, 0.1) is 0 Å². The summed E-state index contributed by atoms with van der Waals surface area (Å²) < 4.78 is 12.4. The normalized spacial score (nSPS) is 13.5. The molecule has 1 aliphatic heterocycles. The Bertz CT molecular complexity index is 1480. The lowest BCUT2D eigenvalue weighted by Gasteiger charge is -2.22. The number of aromatic nitrogens is 2. The van der Waals surface area contributed by atoms with Crippen molar-refractivity contribution in [1.29, 1.82) is 0 Å². The Labute approximate surface area is 207 Å². The molecule has 0 saturated carbocycles. The van der Waals surface area contributed by atoms with Crippen molar-refractivity contribution >= 4 is 34.3 Å². The van der Waals surface area contributed by atoms with Gasteiger partial charge in [0.1, 0.15) is 0 Å². The highest BCUT2D eigenvalue weighted by Crippen LogP contribution is 2.34. The summed E-state index contributed by atoms with van der Waals surface area (Å²) >= 11 is 1.28. The summed E-state index contributed by atoms with van der Waals surface area (Å²) in [6.07, 6.45) is 0.837. The molecule has 0 bridgehead atoms. The number of para-hydroxylation sites is 2. The van der Waals surface area contributed by atoms with Crippen LogP contribution in [0.15, 0.2) is 76.7 Å². The van der Waals surface area contributed by atoms with E-state index in [-0.39, 0.29) is 11.5 Å². The number of anilines is 1. The summed E-state index contributed by atoms with van der Waals surface area (Å²) in [5.41, 5.74) is 3.08. The molecular formula is C27H25N3O4S. The Balaban J connectivity index is 1.57. The van der Waals surface area contributed by atoms with Crippen molar-refractivity contribution in [3.8, 4) is 17.2 Å².